The third kappa shape index (κ3) is 2.40. The maximum atomic E-state index is 12.5. The smallest absolute Gasteiger partial charge is 0.255 e. The van der Waals surface area contributed by atoms with Crippen molar-refractivity contribution in [1.82, 2.24) is 10.1 Å². The summed E-state index contributed by atoms with van der Waals surface area (Å²) in [5.74, 6) is 0.794. The van der Waals surface area contributed by atoms with Gasteiger partial charge >= 0.3 is 0 Å². The topological polar surface area (TPSA) is 46.3 Å². The molecular weight excluding hydrogens is 332 g/mol. The van der Waals surface area contributed by atoms with E-state index in [1.807, 2.05) is 6.07 Å². The summed E-state index contributed by atoms with van der Waals surface area (Å²) < 4.78 is 5.95. The third-order valence-corrected chi connectivity index (χ3v) is 3.97. The monoisotopic (exact) mass is 340 g/mol. The number of amides is 1. The summed E-state index contributed by atoms with van der Waals surface area (Å²) in [6.07, 6.45) is 2.35. The molecule has 2 aromatic rings. The quantitative estimate of drug-likeness (QED) is 0.799. The zero-order valence-electron chi connectivity index (χ0n) is 9.90. The van der Waals surface area contributed by atoms with Crippen molar-refractivity contribution in [3.63, 3.8) is 0 Å². The van der Waals surface area contributed by atoms with Crippen molar-refractivity contribution in [3.8, 4) is 0 Å². The first kappa shape index (κ1) is 12.7. The van der Waals surface area contributed by atoms with Gasteiger partial charge < -0.3 is 9.42 Å². The van der Waals surface area contributed by atoms with Crippen LogP contribution in [0, 0.1) is 0 Å². The van der Waals surface area contributed by atoms with Crippen LogP contribution in [-0.4, -0.2) is 22.5 Å². The highest BCUT2D eigenvalue weighted by Gasteiger charge is 2.25. The van der Waals surface area contributed by atoms with Crippen LogP contribution < -0.4 is 0 Å². The van der Waals surface area contributed by atoms with E-state index in [-0.39, 0.29) is 5.91 Å². The first-order valence-electron chi connectivity index (χ1n) is 5.82. The lowest BCUT2D eigenvalue weighted by Crippen LogP contribution is -2.35. The molecule has 98 valence electrons. The van der Waals surface area contributed by atoms with E-state index in [0.29, 0.717) is 30.1 Å². The van der Waals surface area contributed by atoms with Gasteiger partial charge in [-0.2, -0.15) is 0 Å². The molecule has 1 aliphatic rings. The van der Waals surface area contributed by atoms with Crippen LogP contribution in [0.1, 0.15) is 21.7 Å². The van der Waals surface area contributed by atoms with Gasteiger partial charge in [0.25, 0.3) is 5.91 Å². The zero-order valence-corrected chi connectivity index (χ0v) is 12.2. The summed E-state index contributed by atoms with van der Waals surface area (Å²) in [4.78, 5) is 14.2. The molecule has 0 unspecified atom stereocenters. The number of halogens is 2. The molecule has 0 bridgehead atoms. The van der Waals surface area contributed by atoms with Crippen molar-refractivity contribution in [1.29, 1.82) is 0 Å². The van der Waals surface area contributed by atoms with Crippen molar-refractivity contribution in [2.24, 2.45) is 0 Å². The average Bonchev–Trinajstić information content (AvgIpc) is 2.88. The van der Waals surface area contributed by atoms with Crippen LogP contribution in [0.4, 0.5) is 0 Å². The second-order valence-electron chi connectivity index (χ2n) is 4.38. The number of hydrogen-bond donors (Lipinski definition) is 0. The lowest BCUT2D eigenvalue weighted by atomic mass is 10.1. The van der Waals surface area contributed by atoms with E-state index in [2.05, 4.69) is 21.1 Å². The van der Waals surface area contributed by atoms with Crippen molar-refractivity contribution < 1.29 is 9.32 Å². The van der Waals surface area contributed by atoms with E-state index in [4.69, 9.17) is 16.1 Å². The number of hydrogen-bond acceptors (Lipinski definition) is 3. The number of carbonyl (C=O) groups is 1. The number of benzene rings is 1. The Balaban J connectivity index is 1.87. The molecule has 0 saturated heterocycles. The van der Waals surface area contributed by atoms with Gasteiger partial charge in [-0.15, -0.1) is 0 Å². The van der Waals surface area contributed by atoms with Crippen LogP contribution in [0.2, 0.25) is 5.02 Å². The van der Waals surface area contributed by atoms with Crippen LogP contribution in [-0.2, 0) is 13.0 Å². The Morgan fingerprint density at radius 3 is 3.16 bits per heavy atom. The van der Waals surface area contributed by atoms with Gasteiger partial charge in [-0.25, -0.2) is 0 Å². The number of carbonyl (C=O) groups excluding carboxylic acids is 1. The van der Waals surface area contributed by atoms with Gasteiger partial charge in [0.15, 0.2) is 0 Å². The average molecular weight is 342 g/mol. The van der Waals surface area contributed by atoms with Crippen molar-refractivity contribution >= 4 is 33.4 Å². The van der Waals surface area contributed by atoms with Crippen LogP contribution in [0.3, 0.4) is 0 Å². The summed E-state index contributed by atoms with van der Waals surface area (Å²) in [5, 5.41) is 4.22. The summed E-state index contributed by atoms with van der Waals surface area (Å²) in [6, 6.07) is 5.27. The van der Waals surface area contributed by atoms with Gasteiger partial charge in [-0.1, -0.05) is 32.7 Å². The van der Waals surface area contributed by atoms with E-state index in [0.717, 1.165) is 15.8 Å². The Morgan fingerprint density at radius 1 is 1.47 bits per heavy atom. The minimum atomic E-state index is -0.0712. The van der Waals surface area contributed by atoms with Gasteiger partial charge in [-0.05, 0) is 18.2 Å². The SMILES string of the molecule is O=C(c1cc(Br)ccc1Cl)N1CCc2oncc2C1. The van der Waals surface area contributed by atoms with Gasteiger partial charge in [0.05, 0.1) is 23.3 Å². The van der Waals surface area contributed by atoms with Crippen molar-refractivity contribution in [2.75, 3.05) is 6.54 Å². The molecule has 1 aromatic heterocycles. The maximum absolute atomic E-state index is 12.5. The molecule has 0 aliphatic carbocycles. The van der Waals surface area contributed by atoms with Gasteiger partial charge in [0, 0.05) is 23.0 Å². The number of fused-ring (bicyclic) bond motifs is 1. The predicted molar refractivity (Wildman–Crippen MR) is 74.1 cm³/mol. The number of nitrogens with zero attached hydrogens (tertiary/aromatic N) is 2. The molecule has 1 aliphatic heterocycles. The lowest BCUT2D eigenvalue weighted by molar-refractivity contribution is 0.0729. The van der Waals surface area contributed by atoms with Crippen LogP contribution in [0.25, 0.3) is 0 Å². The van der Waals surface area contributed by atoms with Crippen LogP contribution >= 0.6 is 27.5 Å². The molecule has 1 aromatic carbocycles. The Hall–Kier alpha value is -1.33. The molecule has 6 heteroatoms. The summed E-state index contributed by atoms with van der Waals surface area (Å²) >= 11 is 9.44. The van der Waals surface area contributed by atoms with Gasteiger partial charge in [0.2, 0.25) is 0 Å². The van der Waals surface area contributed by atoms with E-state index < -0.39 is 0 Å². The van der Waals surface area contributed by atoms with E-state index >= 15 is 0 Å². The van der Waals surface area contributed by atoms with Crippen molar-refractivity contribution in [2.45, 2.75) is 13.0 Å². The Labute approximate surface area is 123 Å². The fourth-order valence-electron chi connectivity index (χ4n) is 2.15. The molecule has 0 N–H and O–H groups in total. The van der Waals surface area contributed by atoms with Crippen LogP contribution in [0.15, 0.2) is 33.4 Å². The normalized spacial score (nSPS) is 14.3. The third-order valence-electron chi connectivity index (χ3n) is 3.15. The zero-order chi connectivity index (χ0) is 13.4. The second kappa shape index (κ2) is 4.98. The molecule has 0 spiro atoms. The fraction of sp³-hybridized carbons (Fsp3) is 0.231. The molecule has 0 fully saturated rings. The Kier molecular flexibility index (Phi) is 3.33. The summed E-state index contributed by atoms with van der Waals surface area (Å²) in [6.45, 7) is 1.13. The maximum Gasteiger partial charge on any atom is 0.255 e. The minimum Gasteiger partial charge on any atom is -0.361 e. The van der Waals surface area contributed by atoms with Crippen LogP contribution in [0.5, 0.6) is 0 Å². The summed E-state index contributed by atoms with van der Waals surface area (Å²) in [7, 11) is 0. The summed E-state index contributed by atoms with van der Waals surface area (Å²) in [5.41, 5.74) is 1.47. The van der Waals surface area contributed by atoms with E-state index in [1.165, 1.54) is 0 Å². The standard InChI is InChI=1S/C13H10BrClN2O2/c14-9-1-2-11(15)10(5-9)13(18)17-4-3-12-8(7-17)6-16-19-12/h1-2,5-6H,3-4,7H2. The fourth-order valence-corrected chi connectivity index (χ4v) is 2.71. The van der Waals surface area contributed by atoms with Gasteiger partial charge in [-0.3, -0.25) is 4.79 Å². The molecule has 2 heterocycles. The number of rotatable bonds is 1. The Morgan fingerprint density at radius 2 is 2.32 bits per heavy atom. The van der Waals surface area contributed by atoms with E-state index in [1.54, 1.807) is 23.2 Å². The first-order valence-corrected chi connectivity index (χ1v) is 6.99. The highest BCUT2D eigenvalue weighted by molar-refractivity contribution is 9.10. The van der Waals surface area contributed by atoms with Crippen molar-refractivity contribution in [3.05, 3.63) is 50.8 Å². The molecule has 19 heavy (non-hydrogen) atoms. The number of aromatic nitrogens is 1. The highest BCUT2D eigenvalue weighted by atomic mass is 79.9. The van der Waals surface area contributed by atoms with Gasteiger partial charge in [0.1, 0.15) is 5.76 Å². The molecule has 0 saturated carbocycles. The Bertz CT molecular complexity index is 641. The first-order chi connectivity index (χ1) is 9.15. The predicted octanol–water partition coefficient (Wildman–Crippen LogP) is 3.29. The molecule has 3 rings (SSSR count). The highest BCUT2D eigenvalue weighted by Crippen LogP contribution is 2.25. The molecule has 0 radical (unpaired) electrons. The van der Waals surface area contributed by atoms with E-state index in [9.17, 15) is 4.79 Å². The molecule has 4 nitrogen and oxygen atoms in total. The second-order valence-corrected chi connectivity index (χ2v) is 5.70. The lowest BCUT2D eigenvalue weighted by Gasteiger charge is -2.26. The molecule has 0 atom stereocenters. The molecular formula is C13H10BrClN2O2. The molecule has 1 amide bonds. The minimum absolute atomic E-state index is 0.0712. The largest absolute Gasteiger partial charge is 0.361 e.